The SMILES string of the molecule is O=C(C[N+]12CCC(CC1)[C@@H](OC(=O)C(Cc1ccccc1)Nc1ccccc1)C2)c1ccccc1. The van der Waals surface area contributed by atoms with Crippen molar-refractivity contribution in [2.45, 2.75) is 31.4 Å². The van der Waals surface area contributed by atoms with Gasteiger partial charge in [-0.05, 0) is 17.7 Å². The van der Waals surface area contributed by atoms with Crippen molar-refractivity contribution in [1.29, 1.82) is 0 Å². The van der Waals surface area contributed by atoms with Crippen molar-refractivity contribution >= 4 is 17.4 Å². The van der Waals surface area contributed by atoms with Crippen molar-refractivity contribution in [2.75, 3.05) is 31.5 Å². The Morgan fingerprint density at radius 1 is 0.857 bits per heavy atom. The third-order valence-corrected chi connectivity index (χ3v) is 7.57. The van der Waals surface area contributed by atoms with Crippen LogP contribution in [0.25, 0.3) is 0 Å². The number of quaternary nitrogens is 1. The normalized spacial score (nSPS) is 23.9. The molecule has 2 bridgehead atoms. The number of carbonyl (C=O) groups excluding carboxylic acids is 2. The molecule has 0 aromatic heterocycles. The molecular formula is C30H33N2O3+. The summed E-state index contributed by atoms with van der Waals surface area (Å²) in [5.74, 6) is 0.326. The Labute approximate surface area is 207 Å². The minimum atomic E-state index is -0.477. The van der Waals surface area contributed by atoms with Gasteiger partial charge in [0.1, 0.15) is 19.1 Å². The van der Waals surface area contributed by atoms with Crippen LogP contribution in [0.1, 0.15) is 28.8 Å². The number of Topliss-reactive ketones (excluding diaryl/α,β-unsaturated/α-hetero) is 1. The fourth-order valence-corrected chi connectivity index (χ4v) is 5.61. The van der Waals surface area contributed by atoms with Gasteiger partial charge in [-0.25, -0.2) is 4.79 Å². The molecule has 0 saturated carbocycles. The van der Waals surface area contributed by atoms with Gasteiger partial charge in [0.15, 0.2) is 6.10 Å². The van der Waals surface area contributed by atoms with Crippen LogP contribution in [0.5, 0.6) is 0 Å². The van der Waals surface area contributed by atoms with Gasteiger partial charge in [0, 0.05) is 36.4 Å². The summed E-state index contributed by atoms with van der Waals surface area (Å²) < 4.78 is 6.94. The lowest BCUT2D eigenvalue weighted by molar-refractivity contribution is -0.938. The van der Waals surface area contributed by atoms with E-state index in [1.165, 1.54) is 0 Å². The van der Waals surface area contributed by atoms with E-state index in [0.717, 1.165) is 53.8 Å². The number of anilines is 1. The first kappa shape index (κ1) is 23.3. The number of rotatable bonds is 9. The first-order chi connectivity index (χ1) is 17.1. The number of benzene rings is 3. The molecule has 35 heavy (non-hydrogen) atoms. The third-order valence-electron chi connectivity index (χ3n) is 7.57. The Bertz CT molecular complexity index is 1080. The van der Waals surface area contributed by atoms with Crippen molar-refractivity contribution in [2.24, 2.45) is 5.92 Å². The molecule has 1 unspecified atom stereocenters. The molecule has 2 atom stereocenters. The molecule has 3 heterocycles. The zero-order valence-corrected chi connectivity index (χ0v) is 20.0. The molecule has 1 N–H and O–H groups in total. The van der Waals surface area contributed by atoms with Gasteiger partial charge in [0.05, 0.1) is 13.1 Å². The molecule has 180 valence electrons. The van der Waals surface area contributed by atoms with Crippen LogP contribution in [0.15, 0.2) is 91.0 Å². The molecule has 3 saturated heterocycles. The summed E-state index contributed by atoms with van der Waals surface area (Å²) in [6.45, 7) is 3.15. The lowest BCUT2D eigenvalue weighted by Gasteiger charge is -2.51. The van der Waals surface area contributed by atoms with Gasteiger partial charge >= 0.3 is 5.97 Å². The van der Waals surface area contributed by atoms with Crippen molar-refractivity contribution in [3.8, 4) is 0 Å². The van der Waals surface area contributed by atoms with Crippen molar-refractivity contribution in [3.05, 3.63) is 102 Å². The molecule has 0 amide bonds. The highest BCUT2D eigenvalue weighted by atomic mass is 16.5. The van der Waals surface area contributed by atoms with E-state index >= 15 is 0 Å². The highest BCUT2D eigenvalue weighted by molar-refractivity contribution is 5.97. The zero-order chi connectivity index (χ0) is 24.1. The number of nitrogens with zero attached hydrogens (tertiary/aromatic N) is 1. The van der Waals surface area contributed by atoms with Crippen LogP contribution in [0.2, 0.25) is 0 Å². The van der Waals surface area contributed by atoms with Crippen LogP contribution in [0, 0.1) is 5.92 Å². The molecule has 3 fully saturated rings. The quantitative estimate of drug-likeness (QED) is 0.279. The van der Waals surface area contributed by atoms with Gasteiger partial charge in [0.25, 0.3) is 0 Å². The first-order valence-electron chi connectivity index (χ1n) is 12.6. The van der Waals surface area contributed by atoms with Crippen LogP contribution in [0.4, 0.5) is 5.69 Å². The molecular weight excluding hydrogens is 436 g/mol. The van der Waals surface area contributed by atoms with E-state index in [1.54, 1.807) is 0 Å². The number of ether oxygens (including phenoxy) is 1. The number of para-hydroxylation sites is 1. The van der Waals surface area contributed by atoms with Gasteiger partial charge in [-0.3, -0.25) is 4.79 Å². The molecule has 0 radical (unpaired) electrons. The molecule has 6 rings (SSSR count). The van der Waals surface area contributed by atoms with Crippen LogP contribution < -0.4 is 5.32 Å². The fourth-order valence-electron chi connectivity index (χ4n) is 5.61. The Hall–Kier alpha value is -3.44. The van der Waals surface area contributed by atoms with E-state index < -0.39 is 6.04 Å². The van der Waals surface area contributed by atoms with Crippen LogP contribution in [-0.4, -0.2) is 54.6 Å². The van der Waals surface area contributed by atoms with Gasteiger partial charge in [0.2, 0.25) is 5.78 Å². The monoisotopic (exact) mass is 469 g/mol. The number of carbonyl (C=O) groups is 2. The van der Waals surface area contributed by atoms with Gasteiger partial charge in [-0.15, -0.1) is 0 Å². The van der Waals surface area contributed by atoms with Crippen LogP contribution in [0.3, 0.4) is 0 Å². The first-order valence-corrected chi connectivity index (χ1v) is 12.6. The standard InChI is InChI=1S/C30H33N2O3/c33-28(24-12-6-2-7-13-24)21-32-18-16-25(17-19-32)29(22-32)35-30(34)27(20-23-10-4-1-5-11-23)31-26-14-8-3-9-15-26/h1-15,25,27,29,31H,16-22H2/q+1/t25?,27?,29-,32?/m0/s1. The minimum Gasteiger partial charge on any atom is -0.455 e. The maximum absolute atomic E-state index is 13.5. The summed E-state index contributed by atoms with van der Waals surface area (Å²) in [5, 5.41) is 3.39. The van der Waals surface area contributed by atoms with Gasteiger partial charge < -0.3 is 14.5 Å². The predicted octanol–water partition coefficient (Wildman–Crippen LogP) is 4.74. The molecule has 0 aliphatic carbocycles. The maximum Gasteiger partial charge on any atom is 0.329 e. The van der Waals surface area contributed by atoms with Crippen molar-refractivity contribution in [3.63, 3.8) is 0 Å². The number of hydrogen-bond donors (Lipinski definition) is 1. The number of ketones is 1. The van der Waals surface area contributed by atoms with Crippen molar-refractivity contribution < 1.29 is 18.8 Å². The predicted molar refractivity (Wildman–Crippen MR) is 137 cm³/mol. The summed E-state index contributed by atoms with van der Waals surface area (Å²) >= 11 is 0. The summed E-state index contributed by atoms with van der Waals surface area (Å²) in [5.41, 5.74) is 2.75. The average Bonchev–Trinajstić information content (AvgIpc) is 2.90. The van der Waals surface area contributed by atoms with E-state index in [2.05, 4.69) is 5.32 Å². The second kappa shape index (κ2) is 10.4. The van der Waals surface area contributed by atoms with E-state index in [4.69, 9.17) is 4.74 Å². The molecule has 5 nitrogen and oxygen atoms in total. The van der Waals surface area contributed by atoms with Crippen LogP contribution in [-0.2, 0) is 16.0 Å². The second-order valence-electron chi connectivity index (χ2n) is 9.98. The summed E-state index contributed by atoms with van der Waals surface area (Å²) in [6.07, 6.45) is 2.40. The number of fused-ring (bicyclic) bond motifs is 3. The molecule has 3 aliphatic heterocycles. The van der Waals surface area contributed by atoms with Gasteiger partial charge in [-0.2, -0.15) is 0 Å². The van der Waals surface area contributed by atoms with Crippen molar-refractivity contribution in [1.82, 2.24) is 0 Å². The lowest BCUT2D eigenvalue weighted by atomic mass is 9.82. The van der Waals surface area contributed by atoms with Gasteiger partial charge in [-0.1, -0.05) is 78.9 Å². The molecule has 3 aliphatic rings. The number of nitrogens with one attached hydrogen (secondary N) is 1. The highest BCUT2D eigenvalue weighted by Crippen LogP contribution is 2.36. The summed E-state index contributed by atoms with van der Waals surface area (Å²) in [6, 6.07) is 28.9. The topological polar surface area (TPSA) is 55.4 Å². The molecule has 5 heteroatoms. The van der Waals surface area contributed by atoms with E-state index in [-0.39, 0.29) is 17.9 Å². The second-order valence-corrected chi connectivity index (χ2v) is 9.98. The lowest BCUT2D eigenvalue weighted by Crippen LogP contribution is -2.66. The van der Waals surface area contributed by atoms with E-state index in [9.17, 15) is 9.59 Å². The maximum atomic E-state index is 13.5. The van der Waals surface area contributed by atoms with E-state index in [1.807, 2.05) is 91.0 Å². The Balaban J connectivity index is 1.28. The molecule has 3 aromatic rings. The Morgan fingerprint density at radius 2 is 1.46 bits per heavy atom. The van der Waals surface area contributed by atoms with E-state index in [0.29, 0.717) is 18.9 Å². The Morgan fingerprint density at radius 3 is 2.11 bits per heavy atom. The molecule has 0 spiro atoms. The third kappa shape index (κ3) is 5.63. The summed E-state index contributed by atoms with van der Waals surface area (Å²) in [7, 11) is 0. The minimum absolute atomic E-state index is 0.149. The molecule has 3 aromatic carbocycles. The highest BCUT2D eigenvalue weighted by Gasteiger charge is 2.48. The fraction of sp³-hybridized carbons (Fsp3) is 0.333. The largest absolute Gasteiger partial charge is 0.455 e. The van der Waals surface area contributed by atoms with Crippen LogP contribution >= 0.6 is 0 Å². The zero-order valence-electron chi connectivity index (χ0n) is 20.0. The summed E-state index contributed by atoms with van der Waals surface area (Å²) in [4.78, 5) is 26.5. The number of hydrogen-bond acceptors (Lipinski definition) is 4. The smallest absolute Gasteiger partial charge is 0.329 e. The number of esters is 1. The average molecular weight is 470 g/mol. The number of piperidine rings is 3. The Kier molecular flexibility index (Phi) is 6.96.